The van der Waals surface area contributed by atoms with Gasteiger partial charge in [0.05, 0.1) is 22.1 Å². The lowest BCUT2D eigenvalue weighted by Crippen LogP contribution is -2.59. The van der Waals surface area contributed by atoms with E-state index in [1.807, 2.05) is 0 Å². The van der Waals surface area contributed by atoms with E-state index in [0.717, 1.165) is 44.1 Å². The minimum absolute atomic E-state index is 0.0917. The molecule has 0 saturated heterocycles. The number of nitrogens with zero attached hydrogens (tertiary/aromatic N) is 4. The van der Waals surface area contributed by atoms with Crippen molar-refractivity contribution in [2.45, 2.75) is 0 Å². The molecule has 2 aliphatic rings. The summed E-state index contributed by atoms with van der Waals surface area (Å²) >= 11 is 0. The highest BCUT2D eigenvalue weighted by atomic mass is 16.3. The molecule has 0 amide bonds. The van der Waals surface area contributed by atoms with Gasteiger partial charge in [-0.25, -0.2) is 0 Å². The van der Waals surface area contributed by atoms with E-state index in [0.29, 0.717) is 0 Å². The molecule has 5 aromatic carbocycles. The van der Waals surface area contributed by atoms with Crippen LogP contribution in [0.4, 0.5) is 0 Å². The minimum Gasteiger partial charge on any atom is -0.455 e. The molecule has 0 aliphatic carbocycles. The first-order valence-electron chi connectivity index (χ1n) is 15.4. The first-order valence-corrected chi connectivity index (χ1v) is 15.4. The molecule has 45 heavy (non-hydrogen) atoms. The first kappa shape index (κ1) is 21.6. The largest absolute Gasteiger partial charge is 0.455 e. The number of imidazole rings is 2. The first-order chi connectivity index (χ1) is 22.4. The molecule has 206 valence electrons. The van der Waals surface area contributed by atoms with E-state index in [1.54, 1.807) is 0 Å². The molecule has 0 N–H and O–H groups in total. The third-order valence-corrected chi connectivity index (χ3v) is 10.5. The molecular formula is C38H19BN4O2. The summed E-state index contributed by atoms with van der Waals surface area (Å²) in [6.45, 7) is -0.0917. The SMILES string of the molecule is c1cc2c3c(c1)-n1c4ccccc4n4c5c(oc6ccccc65)c(c14)B3c1c3oc4ccccc4c3n3c4ccccc4n-2c13. The minimum atomic E-state index is -0.0917. The van der Waals surface area contributed by atoms with Crippen molar-refractivity contribution in [3.63, 3.8) is 0 Å². The van der Waals surface area contributed by atoms with Crippen LogP contribution in [-0.4, -0.2) is 24.6 Å². The van der Waals surface area contributed by atoms with Crippen LogP contribution < -0.4 is 16.4 Å². The summed E-state index contributed by atoms with van der Waals surface area (Å²) in [6.07, 6.45) is 0. The van der Waals surface area contributed by atoms with Gasteiger partial charge in [0.2, 0.25) is 0 Å². The summed E-state index contributed by atoms with van der Waals surface area (Å²) in [5, 5.41) is 2.26. The Morgan fingerprint density at radius 2 is 0.867 bits per heavy atom. The summed E-state index contributed by atoms with van der Waals surface area (Å²) in [5.41, 5.74) is 19.1. The van der Waals surface area contributed by atoms with Gasteiger partial charge in [-0.05, 0) is 66.1 Å². The second kappa shape index (κ2) is 6.84. The number of furan rings is 2. The Morgan fingerprint density at radius 1 is 0.422 bits per heavy atom. The van der Waals surface area contributed by atoms with E-state index in [1.165, 1.54) is 61.1 Å². The second-order valence-corrected chi connectivity index (χ2v) is 12.5. The predicted molar refractivity (Wildman–Crippen MR) is 181 cm³/mol. The van der Waals surface area contributed by atoms with E-state index < -0.39 is 0 Å². The molecule has 0 saturated carbocycles. The Morgan fingerprint density at radius 3 is 1.38 bits per heavy atom. The average Bonchev–Trinajstić information content (AvgIpc) is 3.90. The van der Waals surface area contributed by atoms with Gasteiger partial charge in [-0.3, -0.25) is 17.9 Å². The highest BCUT2D eigenvalue weighted by Crippen LogP contribution is 2.42. The Labute approximate surface area is 253 Å². The van der Waals surface area contributed by atoms with Crippen LogP contribution in [0.1, 0.15) is 0 Å². The summed E-state index contributed by atoms with van der Waals surface area (Å²) in [6, 6.07) is 41.2. The van der Waals surface area contributed by atoms with Gasteiger partial charge in [0.15, 0.2) is 11.2 Å². The van der Waals surface area contributed by atoms with E-state index in [9.17, 15) is 0 Å². The number of rotatable bonds is 0. The number of para-hydroxylation sites is 6. The molecular weight excluding hydrogens is 555 g/mol. The maximum Gasteiger partial charge on any atom is 0.266 e. The normalized spacial score (nSPS) is 13.7. The highest BCUT2D eigenvalue weighted by molar-refractivity contribution is 7.02. The Bertz CT molecular complexity index is 2970. The molecule has 11 aromatic rings. The number of benzene rings is 5. The van der Waals surface area contributed by atoms with E-state index in [4.69, 9.17) is 8.83 Å². The van der Waals surface area contributed by atoms with Crippen molar-refractivity contribution in [3.05, 3.63) is 115 Å². The van der Waals surface area contributed by atoms with Crippen LogP contribution in [0.5, 0.6) is 0 Å². The van der Waals surface area contributed by atoms with E-state index >= 15 is 0 Å². The molecule has 2 aliphatic heterocycles. The third kappa shape index (κ3) is 2.12. The topological polar surface area (TPSA) is 45.0 Å². The second-order valence-electron chi connectivity index (χ2n) is 12.5. The Kier molecular flexibility index (Phi) is 3.28. The molecule has 0 atom stereocenters. The van der Waals surface area contributed by atoms with Gasteiger partial charge in [0, 0.05) is 33.1 Å². The predicted octanol–water partition coefficient (Wildman–Crippen LogP) is 7.02. The zero-order chi connectivity index (χ0) is 28.7. The van der Waals surface area contributed by atoms with Crippen molar-refractivity contribution in [2.24, 2.45) is 0 Å². The molecule has 0 bridgehead atoms. The summed E-state index contributed by atoms with van der Waals surface area (Å²) in [7, 11) is 0. The van der Waals surface area contributed by atoms with Gasteiger partial charge >= 0.3 is 0 Å². The van der Waals surface area contributed by atoms with Crippen LogP contribution in [0.2, 0.25) is 0 Å². The fourth-order valence-corrected chi connectivity index (χ4v) is 9.02. The quantitative estimate of drug-likeness (QED) is 0.183. The van der Waals surface area contributed by atoms with Crippen molar-refractivity contribution in [1.29, 1.82) is 0 Å². The van der Waals surface area contributed by atoms with Crippen LogP contribution in [0.25, 0.3) is 88.9 Å². The van der Waals surface area contributed by atoms with Gasteiger partial charge in [-0.1, -0.05) is 54.6 Å². The molecule has 6 aromatic heterocycles. The molecule has 7 heteroatoms. The van der Waals surface area contributed by atoms with Gasteiger partial charge < -0.3 is 8.83 Å². The van der Waals surface area contributed by atoms with Gasteiger partial charge in [-0.15, -0.1) is 0 Å². The van der Waals surface area contributed by atoms with Gasteiger partial charge in [-0.2, -0.15) is 0 Å². The van der Waals surface area contributed by atoms with Crippen LogP contribution in [0.15, 0.2) is 124 Å². The highest BCUT2D eigenvalue weighted by Gasteiger charge is 2.47. The zero-order valence-electron chi connectivity index (χ0n) is 23.7. The fourth-order valence-electron chi connectivity index (χ4n) is 9.02. The smallest absolute Gasteiger partial charge is 0.266 e. The maximum absolute atomic E-state index is 6.88. The number of hydrogen-bond acceptors (Lipinski definition) is 2. The molecule has 0 spiro atoms. The van der Waals surface area contributed by atoms with Crippen molar-refractivity contribution in [3.8, 4) is 11.4 Å². The summed E-state index contributed by atoms with van der Waals surface area (Å²) in [4.78, 5) is 0. The van der Waals surface area contributed by atoms with Gasteiger partial charge in [0.25, 0.3) is 6.71 Å². The van der Waals surface area contributed by atoms with Crippen LogP contribution >= 0.6 is 0 Å². The average molecular weight is 574 g/mol. The summed E-state index contributed by atoms with van der Waals surface area (Å²) < 4.78 is 23.6. The molecule has 0 unspecified atom stereocenters. The number of hydrogen-bond donors (Lipinski definition) is 0. The van der Waals surface area contributed by atoms with E-state index in [-0.39, 0.29) is 6.71 Å². The van der Waals surface area contributed by atoms with Crippen LogP contribution in [0.3, 0.4) is 0 Å². The lowest BCUT2D eigenvalue weighted by molar-refractivity contribution is 0.671. The zero-order valence-corrected chi connectivity index (χ0v) is 23.7. The molecule has 8 heterocycles. The molecule has 6 nitrogen and oxygen atoms in total. The fraction of sp³-hybridized carbons (Fsp3) is 0. The van der Waals surface area contributed by atoms with E-state index in [2.05, 4.69) is 133 Å². The van der Waals surface area contributed by atoms with Crippen LogP contribution in [-0.2, 0) is 0 Å². The van der Waals surface area contributed by atoms with Gasteiger partial charge in [0.1, 0.15) is 33.5 Å². The lowest BCUT2D eigenvalue weighted by Gasteiger charge is -2.30. The molecule has 13 rings (SSSR count). The van der Waals surface area contributed by atoms with Crippen LogP contribution in [0, 0.1) is 0 Å². The standard InChI is InChI=1S/C38H19BN4O2/c1-7-18-28-20(10-1)33-35(44-28)31-37-40(22-12-3-5-14-24(22)42(33)37)26-16-9-17-27-30(26)39(31)32-36-34(21-11-2-8-19-29(21)45-36)43-25-15-6-4-13-23(25)41(27)38(32)43/h1-19H. The molecule has 0 radical (unpaired) electrons. The molecule has 0 fully saturated rings. The third-order valence-electron chi connectivity index (χ3n) is 10.5. The van der Waals surface area contributed by atoms with Crippen molar-refractivity contribution < 1.29 is 8.83 Å². The van der Waals surface area contributed by atoms with Crippen molar-refractivity contribution in [1.82, 2.24) is 17.9 Å². The monoisotopic (exact) mass is 574 g/mol. The maximum atomic E-state index is 6.88. The Balaban J connectivity index is 1.37. The number of fused-ring (bicyclic) bond motifs is 20. The summed E-state index contributed by atoms with van der Waals surface area (Å²) in [5.74, 6) is 0. The van der Waals surface area contributed by atoms with Crippen molar-refractivity contribution >= 4 is 101 Å². The van der Waals surface area contributed by atoms with Crippen molar-refractivity contribution in [2.75, 3.05) is 0 Å². The Hall–Kier alpha value is -6.08. The lowest BCUT2D eigenvalue weighted by atomic mass is 9.35. The number of aromatic nitrogens is 4.